The molecule has 0 aliphatic heterocycles. The minimum Gasteiger partial charge on any atom is -0.462 e. The van der Waals surface area contributed by atoms with Gasteiger partial charge >= 0.3 is 11.9 Å². The minimum atomic E-state index is -0.531. The normalized spacial score (nSPS) is 9.65. The number of hydrogen-bond acceptors (Lipinski definition) is 5. The predicted octanol–water partition coefficient (Wildman–Crippen LogP) is 4.00. The largest absolute Gasteiger partial charge is 0.462 e. The lowest BCUT2D eigenvalue weighted by Crippen LogP contribution is -2.14. The summed E-state index contributed by atoms with van der Waals surface area (Å²) in [5.41, 5.74) is 1.36. The first-order valence-electron chi connectivity index (χ1n) is 8.72. The molecule has 0 saturated heterocycles. The second kappa shape index (κ2) is 12.7. The number of unbranched alkanes of at least 4 members (excludes halogenated alkanes) is 1. The Bertz CT molecular complexity index is 667. The van der Waals surface area contributed by atoms with Crippen molar-refractivity contribution in [2.45, 2.75) is 33.3 Å². The quantitative estimate of drug-likeness (QED) is 0.598. The maximum Gasteiger partial charge on any atom is 0.339 e. The molecule has 0 bridgehead atoms. The Labute approximate surface area is 154 Å². The fourth-order valence-corrected chi connectivity index (χ4v) is 2.03. The second-order valence-corrected chi connectivity index (χ2v) is 5.41. The standard InChI is InChI=1S/C19H20O4.C2H6O/c1-2-3-13-22-18(20)16-11-7-8-12-17(16)19(21)23-14-15-9-5-4-6-10-15;1-2-3/h4-12H,2-3,13-14H2,1H3;3H,2H2,1H3. The molecule has 26 heavy (non-hydrogen) atoms. The molecule has 1 N–H and O–H groups in total. The van der Waals surface area contributed by atoms with Crippen LogP contribution >= 0.6 is 0 Å². The molecule has 0 aromatic heterocycles. The number of ether oxygens (including phenoxy) is 2. The smallest absolute Gasteiger partial charge is 0.339 e. The van der Waals surface area contributed by atoms with Crippen LogP contribution in [0.1, 0.15) is 53.0 Å². The van der Waals surface area contributed by atoms with Gasteiger partial charge in [-0.25, -0.2) is 9.59 Å². The fourth-order valence-electron chi connectivity index (χ4n) is 2.03. The molecule has 0 spiro atoms. The Kier molecular flexibility index (Phi) is 10.4. The van der Waals surface area contributed by atoms with Crippen molar-refractivity contribution in [1.82, 2.24) is 0 Å². The van der Waals surface area contributed by atoms with Crippen molar-refractivity contribution in [2.75, 3.05) is 13.2 Å². The van der Waals surface area contributed by atoms with Gasteiger partial charge in [0.1, 0.15) is 6.61 Å². The van der Waals surface area contributed by atoms with Gasteiger partial charge in [0.2, 0.25) is 0 Å². The van der Waals surface area contributed by atoms with Crippen molar-refractivity contribution < 1.29 is 24.2 Å². The highest BCUT2D eigenvalue weighted by Gasteiger charge is 2.18. The van der Waals surface area contributed by atoms with E-state index in [-0.39, 0.29) is 24.3 Å². The number of aliphatic hydroxyl groups is 1. The molecule has 0 atom stereocenters. The van der Waals surface area contributed by atoms with E-state index in [9.17, 15) is 9.59 Å². The van der Waals surface area contributed by atoms with Crippen molar-refractivity contribution in [3.8, 4) is 0 Å². The van der Waals surface area contributed by atoms with Crippen LogP contribution in [0.3, 0.4) is 0 Å². The van der Waals surface area contributed by atoms with E-state index in [1.165, 1.54) is 0 Å². The molecule has 2 rings (SSSR count). The molecule has 0 heterocycles. The van der Waals surface area contributed by atoms with Gasteiger partial charge in [-0.3, -0.25) is 0 Å². The molecule has 140 valence electrons. The van der Waals surface area contributed by atoms with Crippen LogP contribution in [0.25, 0.3) is 0 Å². The summed E-state index contributed by atoms with van der Waals surface area (Å²) in [6, 6.07) is 15.9. The molecule has 5 nitrogen and oxygen atoms in total. The molecule has 2 aromatic carbocycles. The van der Waals surface area contributed by atoms with Crippen LogP contribution in [0.15, 0.2) is 54.6 Å². The first-order chi connectivity index (χ1) is 12.6. The van der Waals surface area contributed by atoms with Crippen molar-refractivity contribution in [3.05, 3.63) is 71.3 Å². The molecule has 2 aromatic rings. The zero-order chi connectivity index (χ0) is 19.2. The lowest BCUT2D eigenvalue weighted by molar-refractivity contribution is 0.0437. The van der Waals surface area contributed by atoms with E-state index in [0.29, 0.717) is 6.61 Å². The highest BCUT2D eigenvalue weighted by Crippen LogP contribution is 2.13. The Morgan fingerprint density at radius 2 is 1.35 bits per heavy atom. The molecule has 0 radical (unpaired) electrons. The summed E-state index contributed by atoms with van der Waals surface area (Å²) in [4.78, 5) is 24.3. The van der Waals surface area contributed by atoms with Gasteiger partial charge in [0, 0.05) is 6.61 Å². The molecule has 0 aliphatic rings. The SMILES string of the molecule is CCCCOC(=O)c1ccccc1C(=O)OCc1ccccc1.CCO. The zero-order valence-corrected chi connectivity index (χ0v) is 15.3. The van der Waals surface area contributed by atoms with E-state index >= 15 is 0 Å². The number of carbonyl (C=O) groups is 2. The summed E-state index contributed by atoms with van der Waals surface area (Å²) in [5, 5.41) is 7.57. The Hall–Kier alpha value is -2.66. The molecule has 0 aliphatic carbocycles. The third kappa shape index (κ3) is 7.49. The molecule has 5 heteroatoms. The van der Waals surface area contributed by atoms with Crippen molar-refractivity contribution in [2.24, 2.45) is 0 Å². The van der Waals surface area contributed by atoms with E-state index in [0.717, 1.165) is 18.4 Å². The minimum absolute atomic E-state index is 0.166. The molecular weight excluding hydrogens is 332 g/mol. The van der Waals surface area contributed by atoms with Crippen LogP contribution in [0.2, 0.25) is 0 Å². The van der Waals surface area contributed by atoms with Crippen LogP contribution in [0, 0.1) is 0 Å². The summed E-state index contributed by atoms with van der Waals surface area (Å²) in [5.74, 6) is -1.03. The van der Waals surface area contributed by atoms with Crippen LogP contribution in [-0.2, 0) is 16.1 Å². The van der Waals surface area contributed by atoms with E-state index < -0.39 is 11.9 Å². The average molecular weight is 358 g/mol. The number of benzene rings is 2. The third-order valence-corrected chi connectivity index (χ3v) is 3.31. The van der Waals surface area contributed by atoms with Gasteiger partial charge in [-0.05, 0) is 31.0 Å². The predicted molar refractivity (Wildman–Crippen MR) is 100.0 cm³/mol. The van der Waals surface area contributed by atoms with Gasteiger partial charge in [0.25, 0.3) is 0 Å². The average Bonchev–Trinajstić information content (AvgIpc) is 2.67. The molecule has 0 saturated carbocycles. The second-order valence-electron chi connectivity index (χ2n) is 5.41. The summed E-state index contributed by atoms with van der Waals surface area (Å²) < 4.78 is 10.5. The fraction of sp³-hybridized carbons (Fsp3) is 0.333. The Morgan fingerprint density at radius 3 is 1.88 bits per heavy atom. The lowest BCUT2D eigenvalue weighted by Gasteiger charge is -2.09. The van der Waals surface area contributed by atoms with Gasteiger partial charge in [-0.1, -0.05) is 55.8 Å². The number of esters is 2. The summed E-state index contributed by atoms with van der Waals surface area (Å²) in [6.07, 6.45) is 1.74. The maximum atomic E-state index is 12.2. The first-order valence-corrected chi connectivity index (χ1v) is 8.72. The first kappa shape index (κ1) is 21.4. The van der Waals surface area contributed by atoms with Crippen LogP contribution < -0.4 is 0 Å². The van der Waals surface area contributed by atoms with Crippen molar-refractivity contribution in [3.63, 3.8) is 0 Å². The van der Waals surface area contributed by atoms with Crippen LogP contribution in [0.5, 0.6) is 0 Å². The van der Waals surface area contributed by atoms with Gasteiger partial charge in [-0.2, -0.15) is 0 Å². The summed E-state index contributed by atoms with van der Waals surface area (Å²) in [6.45, 7) is 4.46. The highest BCUT2D eigenvalue weighted by molar-refractivity contribution is 6.03. The Balaban J connectivity index is 0.00000105. The Morgan fingerprint density at radius 1 is 0.846 bits per heavy atom. The lowest BCUT2D eigenvalue weighted by atomic mass is 10.1. The van der Waals surface area contributed by atoms with E-state index in [2.05, 4.69) is 0 Å². The van der Waals surface area contributed by atoms with E-state index in [4.69, 9.17) is 14.6 Å². The molecule has 0 amide bonds. The van der Waals surface area contributed by atoms with Gasteiger partial charge in [0.05, 0.1) is 17.7 Å². The summed E-state index contributed by atoms with van der Waals surface area (Å²) in [7, 11) is 0. The topological polar surface area (TPSA) is 72.8 Å². The third-order valence-electron chi connectivity index (χ3n) is 3.31. The number of rotatable bonds is 7. The van der Waals surface area contributed by atoms with Crippen LogP contribution in [-0.4, -0.2) is 30.3 Å². The molecule has 0 unspecified atom stereocenters. The molecular formula is C21H26O5. The van der Waals surface area contributed by atoms with Crippen molar-refractivity contribution in [1.29, 1.82) is 0 Å². The van der Waals surface area contributed by atoms with E-state index in [1.807, 2.05) is 37.3 Å². The zero-order valence-electron chi connectivity index (χ0n) is 15.3. The van der Waals surface area contributed by atoms with Gasteiger partial charge < -0.3 is 14.6 Å². The van der Waals surface area contributed by atoms with E-state index in [1.54, 1.807) is 31.2 Å². The monoisotopic (exact) mass is 358 g/mol. The summed E-state index contributed by atoms with van der Waals surface area (Å²) >= 11 is 0. The van der Waals surface area contributed by atoms with Crippen molar-refractivity contribution >= 4 is 11.9 Å². The van der Waals surface area contributed by atoms with Gasteiger partial charge in [-0.15, -0.1) is 0 Å². The molecule has 0 fully saturated rings. The maximum absolute atomic E-state index is 12.2. The number of aliphatic hydroxyl groups excluding tert-OH is 1. The van der Waals surface area contributed by atoms with Gasteiger partial charge in [0.15, 0.2) is 0 Å². The number of carbonyl (C=O) groups excluding carboxylic acids is 2. The number of hydrogen-bond donors (Lipinski definition) is 1. The van der Waals surface area contributed by atoms with Crippen LogP contribution in [0.4, 0.5) is 0 Å². The highest BCUT2D eigenvalue weighted by atomic mass is 16.5.